The van der Waals surface area contributed by atoms with Gasteiger partial charge < -0.3 is 14.6 Å². The van der Waals surface area contributed by atoms with Gasteiger partial charge in [0.1, 0.15) is 12.4 Å². The maximum Gasteiger partial charge on any atom is 0.414 e. The molecule has 1 aliphatic rings. The number of hydrogen-bond donors (Lipinski definition) is 2. The second-order valence-electron chi connectivity index (χ2n) is 3.59. The Hall–Kier alpha value is -2.08. The van der Waals surface area contributed by atoms with Crippen molar-refractivity contribution in [3.8, 4) is 5.75 Å². The van der Waals surface area contributed by atoms with Gasteiger partial charge in [-0.2, -0.15) is 0 Å². The SMILES string of the molecule is CC(=O)OCc1ccc2c(c1)[C@H](O)NC(=O)O2. The van der Waals surface area contributed by atoms with Crippen LogP contribution in [0, 0.1) is 0 Å². The third kappa shape index (κ3) is 2.54. The number of rotatable bonds is 2. The van der Waals surface area contributed by atoms with E-state index in [2.05, 4.69) is 5.32 Å². The van der Waals surface area contributed by atoms with Gasteiger partial charge in [-0.15, -0.1) is 0 Å². The van der Waals surface area contributed by atoms with Crippen LogP contribution in [0.25, 0.3) is 0 Å². The van der Waals surface area contributed by atoms with E-state index in [9.17, 15) is 14.7 Å². The molecule has 0 unspecified atom stereocenters. The summed E-state index contributed by atoms with van der Waals surface area (Å²) < 4.78 is 9.69. The minimum absolute atomic E-state index is 0.114. The zero-order chi connectivity index (χ0) is 12.4. The Morgan fingerprint density at radius 3 is 3.06 bits per heavy atom. The zero-order valence-electron chi connectivity index (χ0n) is 9.10. The first kappa shape index (κ1) is 11.4. The topological polar surface area (TPSA) is 84.9 Å². The summed E-state index contributed by atoms with van der Waals surface area (Å²) >= 11 is 0. The number of aliphatic hydroxyl groups is 1. The van der Waals surface area contributed by atoms with E-state index in [1.165, 1.54) is 6.92 Å². The van der Waals surface area contributed by atoms with Crippen molar-refractivity contribution in [1.29, 1.82) is 0 Å². The summed E-state index contributed by atoms with van der Waals surface area (Å²) in [6.45, 7) is 1.43. The quantitative estimate of drug-likeness (QED) is 0.744. The van der Waals surface area contributed by atoms with Crippen LogP contribution in [0.3, 0.4) is 0 Å². The maximum atomic E-state index is 11.0. The molecule has 0 spiro atoms. The lowest BCUT2D eigenvalue weighted by molar-refractivity contribution is -0.142. The molecule has 0 aromatic heterocycles. The summed E-state index contributed by atoms with van der Waals surface area (Å²) in [7, 11) is 0. The second kappa shape index (κ2) is 4.42. The Labute approximate surface area is 97.1 Å². The van der Waals surface area contributed by atoms with Crippen molar-refractivity contribution in [2.24, 2.45) is 0 Å². The van der Waals surface area contributed by atoms with Crippen molar-refractivity contribution in [2.75, 3.05) is 0 Å². The van der Waals surface area contributed by atoms with Crippen molar-refractivity contribution in [1.82, 2.24) is 5.32 Å². The number of fused-ring (bicyclic) bond motifs is 1. The van der Waals surface area contributed by atoms with E-state index < -0.39 is 12.3 Å². The van der Waals surface area contributed by atoms with Crippen LogP contribution in [0.5, 0.6) is 5.75 Å². The normalized spacial score (nSPS) is 17.8. The Morgan fingerprint density at radius 1 is 1.59 bits per heavy atom. The predicted molar refractivity (Wildman–Crippen MR) is 56.0 cm³/mol. The molecule has 1 aliphatic heterocycles. The van der Waals surface area contributed by atoms with Crippen LogP contribution in [0.2, 0.25) is 0 Å². The van der Waals surface area contributed by atoms with E-state index in [1.54, 1.807) is 18.2 Å². The number of ether oxygens (including phenoxy) is 2. The molecule has 6 heteroatoms. The summed E-state index contributed by atoms with van der Waals surface area (Å²) in [5.41, 5.74) is 1.15. The third-order valence-corrected chi connectivity index (χ3v) is 2.27. The molecule has 1 aromatic carbocycles. The third-order valence-electron chi connectivity index (χ3n) is 2.27. The molecule has 6 nitrogen and oxygen atoms in total. The van der Waals surface area contributed by atoms with Gasteiger partial charge in [-0.05, 0) is 17.7 Å². The Morgan fingerprint density at radius 2 is 2.35 bits per heavy atom. The zero-order valence-corrected chi connectivity index (χ0v) is 9.10. The second-order valence-corrected chi connectivity index (χ2v) is 3.59. The van der Waals surface area contributed by atoms with Gasteiger partial charge in [0.25, 0.3) is 0 Å². The van der Waals surface area contributed by atoms with Gasteiger partial charge in [0.05, 0.1) is 0 Å². The minimum Gasteiger partial charge on any atom is -0.461 e. The summed E-state index contributed by atoms with van der Waals surface area (Å²) in [4.78, 5) is 21.6. The van der Waals surface area contributed by atoms with E-state index in [-0.39, 0.29) is 12.6 Å². The average molecular weight is 237 g/mol. The summed E-state index contributed by atoms with van der Waals surface area (Å²) in [5.74, 6) is -0.0827. The number of carbonyl (C=O) groups is 2. The van der Waals surface area contributed by atoms with Gasteiger partial charge in [0.2, 0.25) is 0 Å². The van der Waals surface area contributed by atoms with Gasteiger partial charge in [-0.25, -0.2) is 4.79 Å². The molecule has 1 heterocycles. The summed E-state index contributed by atoms with van der Waals surface area (Å²) in [6, 6.07) is 4.82. The van der Waals surface area contributed by atoms with Crippen molar-refractivity contribution >= 4 is 12.1 Å². The predicted octanol–water partition coefficient (Wildman–Crippen LogP) is 0.843. The number of amides is 1. The molecule has 0 saturated heterocycles. The van der Waals surface area contributed by atoms with Crippen LogP contribution in [0.15, 0.2) is 18.2 Å². The van der Waals surface area contributed by atoms with Crippen molar-refractivity contribution in [2.45, 2.75) is 19.8 Å². The van der Waals surface area contributed by atoms with Gasteiger partial charge in [0, 0.05) is 12.5 Å². The van der Waals surface area contributed by atoms with Crippen molar-refractivity contribution in [3.63, 3.8) is 0 Å². The highest BCUT2D eigenvalue weighted by Crippen LogP contribution is 2.28. The monoisotopic (exact) mass is 237 g/mol. The fraction of sp³-hybridized carbons (Fsp3) is 0.273. The Bertz CT molecular complexity index is 471. The number of hydrogen-bond acceptors (Lipinski definition) is 5. The number of benzene rings is 1. The highest BCUT2D eigenvalue weighted by Gasteiger charge is 2.24. The van der Waals surface area contributed by atoms with Crippen molar-refractivity contribution in [3.05, 3.63) is 29.3 Å². The Kier molecular flexibility index (Phi) is 2.97. The molecule has 17 heavy (non-hydrogen) atoms. The van der Waals surface area contributed by atoms with Crippen LogP contribution < -0.4 is 10.1 Å². The minimum atomic E-state index is -1.11. The van der Waals surface area contributed by atoms with Crippen LogP contribution in [0.4, 0.5) is 4.79 Å². The standard InChI is InChI=1S/C11H11NO5/c1-6(13)16-5-7-2-3-9-8(4-7)10(14)12-11(15)17-9/h2-4,10,14H,5H2,1H3,(H,12,15)/t10-/m0/s1. The summed E-state index contributed by atoms with van der Waals surface area (Å²) in [6.07, 6.45) is -1.80. The molecular weight excluding hydrogens is 226 g/mol. The lowest BCUT2D eigenvalue weighted by Crippen LogP contribution is -2.35. The molecule has 90 valence electrons. The number of carbonyl (C=O) groups excluding carboxylic acids is 2. The largest absolute Gasteiger partial charge is 0.461 e. The Balaban J connectivity index is 2.21. The van der Waals surface area contributed by atoms with E-state index >= 15 is 0 Å². The van der Waals surface area contributed by atoms with Crippen LogP contribution in [-0.2, 0) is 16.1 Å². The molecule has 0 bridgehead atoms. The number of aliphatic hydroxyl groups excluding tert-OH is 1. The molecular formula is C11H11NO5. The molecule has 0 saturated carbocycles. The fourth-order valence-corrected chi connectivity index (χ4v) is 1.50. The van der Waals surface area contributed by atoms with E-state index in [4.69, 9.17) is 9.47 Å². The molecule has 0 aliphatic carbocycles. The number of nitrogens with one attached hydrogen (secondary N) is 1. The van der Waals surface area contributed by atoms with Gasteiger partial charge >= 0.3 is 12.1 Å². The first-order chi connectivity index (χ1) is 8.06. The molecule has 2 rings (SSSR count). The highest BCUT2D eigenvalue weighted by molar-refractivity contribution is 5.73. The van der Waals surface area contributed by atoms with Crippen LogP contribution >= 0.6 is 0 Å². The fourth-order valence-electron chi connectivity index (χ4n) is 1.50. The molecule has 1 amide bonds. The lowest BCUT2D eigenvalue weighted by Gasteiger charge is -2.22. The summed E-state index contributed by atoms with van der Waals surface area (Å²) in [5, 5.41) is 11.8. The van der Waals surface area contributed by atoms with E-state index in [0.29, 0.717) is 16.9 Å². The first-order valence-electron chi connectivity index (χ1n) is 4.99. The van der Waals surface area contributed by atoms with Gasteiger partial charge in [-0.3, -0.25) is 10.1 Å². The van der Waals surface area contributed by atoms with Crippen molar-refractivity contribution < 1.29 is 24.2 Å². The molecule has 1 aromatic rings. The molecule has 0 fully saturated rings. The lowest BCUT2D eigenvalue weighted by atomic mass is 10.1. The molecule has 1 atom stereocenters. The maximum absolute atomic E-state index is 11.0. The average Bonchev–Trinajstić information content (AvgIpc) is 2.26. The van der Waals surface area contributed by atoms with Gasteiger partial charge in [0.15, 0.2) is 6.23 Å². The number of esters is 1. The smallest absolute Gasteiger partial charge is 0.414 e. The van der Waals surface area contributed by atoms with E-state index in [0.717, 1.165) is 0 Å². The first-order valence-corrected chi connectivity index (χ1v) is 4.99. The highest BCUT2D eigenvalue weighted by atomic mass is 16.6. The van der Waals surface area contributed by atoms with Gasteiger partial charge in [-0.1, -0.05) is 6.07 Å². The van der Waals surface area contributed by atoms with E-state index in [1.807, 2.05) is 0 Å². The molecule has 2 N–H and O–H groups in total. The van der Waals surface area contributed by atoms with Crippen LogP contribution in [0.1, 0.15) is 24.3 Å². The molecule has 0 radical (unpaired) electrons. The van der Waals surface area contributed by atoms with Crippen LogP contribution in [-0.4, -0.2) is 17.2 Å².